The molecule has 0 amide bonds. The van der Waals surface area contributed by atoms with Crippen molar-refractivity contribution in [2.75, 3.05) is 13.7 Å². The van der Waals surface area contributed by atoms with Crippen molar-refractivity contribution in [3.8, 4) is 0 Å². The maximum absolute atomic E-state index is 6.05. The minimum atomic E-state index is -1.56. The number of piperidine rings is 1. The van der Waals surface area contributed by atoms with Crippen LogP contribution in [0.4, 0.5) is 0 Å². The molecule has 2 atom stereocenters. The number of hydrogen-bond donors (Lipinski definition) is 0. The normalized spacial score (nSPS) is 29.6. The Morgan fingerprint density at radius 1 is 1.29 bits per heavy atom. The lowest BCUT2D eigenvalue weighted by Gasteiger charge is -2.33. The minimum Gasteiger partial charge on any atom is -0.418 e. The first-order chi connectivity index (χ1) is 7.99. The van der Waals surface area contributed by atoms with Gasteiger partial charge in [-0.25, -0.2) is 0 Å². The fraction of sp³-hybridized carbons (Fsp3) is 0.917. The van der Waals surface area contributed by atoms with Crippen molar-refractivity contribution in [1.82, 2.24) is 0 Å². The molecule has 0 saturated carbocycles. The van der Waals surface area contributed by atoms with Gasteiger partial charge in [-0.05, 0) is 26.1 Å². The molecule has 0 aromatic rings. The van der Waals surface area contributed by atoms with Crippen LogP contribution in [0.1, 0.15) is 25.7 Å². The molecule has 2 unspecified atom stereocenters. The molecule has 2 rings (SSSR count). The number of rotatable bonds is 2. The zero-order valence-corrected chi connectivity index (χ0v) is 12.4. The van der Waals surface area contributed by atoms with Crippen LogP contribution in [0.2, 0.25) is 19.6 Å². The highest BCUT2D eigenvalue weighted by atomic mass is 28.4. The molecule has 0 aromatic carbocycles. The van der Waals surface area contributed by atoms with Crippen LogP contribution in [0.3, 0.4) is 0 Å². The zero-order chi connectivity index (χ0) is 12.5. The fourth-order valence-electron chi connectivity index (χ4n) is 2.57. The topological polar surface area (TPSA) is 30.7 Å². The molecule has 0 radical (unpaired) electrons. The van der Waals surface area contributed by atoms with E-state index in [-0.39, 0.29) is 6.29 Å². The van der Waals surface area contributed by atoms with E-state index in [0.717, 1.165) is 13.0 Å². The van der Waals surface area contributed by atoms with E-state index in [1.807, 2.05) is 0 Å². The van der Waals surface area contributed by atoms with Crippen molar-refractivity contribution >= 4 is 14.4 Å². The molecule has 1 saturated heterocycles. The van der Waals surface area contributed by atoms with Crippen molar-refractivity contribution < 1.29 is 18.5 Å². The van der Waals surface area contributed by atoms with Crippen LogP contribution in [0.15, 0.2) is 0 Å². The molecule has 98 valence electrons. The first-order valence-electron chi connectivity index (χ1n) is 6.51. The summed E-state index contributed by atoms with van der Waals surface area (Å²) < 4.78 is 19.5. The van der Waals surface area contributed by atoms with Crippen molar-refractivity contribution in [3.05, 3.63) is 0 Å². The van der Waals surface area contributed by atoms with E-state index >= 15 is 0 Å². The quantitative estimate of drug-likeness (QED) is 0.562. The minimum absolute atomic E-state index is 0.115. The summed E-state index contributed by atoms with van der Waals surface area (Å²) in [4.78, 5) is 0. The average molecular weight is 258 g/mol. The lowest BCUT2D eigenvalue weighted by atomic mass is 10.0. The number of hydrogen-bond acceptors (Lipinski definition) is 3. The third-order valence-corrected chi connectivity index (χ3v) is 4.19. The van der Waals surface area contributed by atoms with Gasteiger partial charge in [0, 0.05) is 12.8 Å². The molecule has 4 nitrogen and oxygen atoms in total. The van der Waals surface area contributed by atoms with Crippen LogP contribution >= 0.6 is 0 Å². The Balaban J connectivity index is 2.09. The fourth-order valence-corrected chi connectivity index (χ4v) is 3.50. The van der Waals surface area contributed by atoms with Gasteiger partial charge in [-0.2, -0.15) is 4.58 Å². The van der Waals surface area contributed by atoms with E-state index in [1.165, 1.54) is 19.3 Å². The van der Waals surface area contributed by atoms with E-state index in [4.69, 9.17) is 13.9 Å². The molecule has 5 heteroatoms. The van der Waals surface area contributed by atoms with Gasteiger partial charge >= 0.3 is 6.08 Å². The standard InChI is InChI=1S/C12H24NO3Si/c1-14-12-13-8-6-5-7-10(13)9-11(15-12)16-17(2,3)4/h10-11H,5-9H2,1-4H3/q+1. The molecular formula is C12H24NO3Si+. The highest BCUT2D eigenvalue weighted by Crippen LogP contribution is 2.25. The van der Waals surface area contributed by atoms with E-state index in [9.17, 15) is 0 Å². The molecule has 17 heavy (non-hydrogen) atoms. The smallest absolute Gasteiger partial charge is 0.418 e. The van der Waals surface area contributed by atoms with Gasteiger partial charge in [-0.3, -0.25) is 0 Å². The second kappa shape index (κ2) is 4.98. The second-order valence-electron chi connectivity index (χ2n) is 5.83. The van der Waals surface area contributed by atoms with Crippen LogP contribution in [0.5, 0.6) is 0 Å². The Kier molecular flexibility index (Phi) is 3.78. The van der Waals surface area contributed by atoms with Gasteiger partial charge in [-0.1, -0.05) is 0 Å². The van der Waals surface area contributed by atoms with Crippen LogP contribution in [-0.2, 0) is 13.9 Å². The van der Waals surface area contributed by atoms with Gasteiger partial charge in [0.1, 0.15) is 6.54 Å². The van der Waals surface area contributed by atoms with Crippen molar-refractivity contribution in [2.24, 2.45) is 0 Å². The van der Waals surface area contributed by atoms with Crippen molar-refractivity contribution in [3.63, 3.8) is 0 Å². The monoisotopic (exact) mass is 258 g/mol. The lowest BCUT2D eigenvalue weighted by Crippen LogP contribution is -2.49. The summed E-state index contributed by atoms with van der Waals surface area (Å²) in [5, 5.41) is 0. The zero-order valence-electron chi connectivity index (χ0n) is 11.4. The SMILES string of the molecule is COC1=[N+]2CCCCC2CC(O[Si](C)(C)C)O1. The number of methoxy groups -OCH3 is 1. The first kappa shape index (κ1) is 12.9. The molecule has 2 aliphatic heterocycles. The van der Waals surface area contributed by atoms with Crippen LogP contribution in [0.25, 0.3) is 0 Å². The molecule has 0 aromatic heterocycles. The molecule has 0 aliphatic carbocycles. The van der Waals surface area contributed by atoms with Crippen LogP contribution in [-0.4, -0.2) is 45.0 Å². The third-order valence-electron chi connectivity index (χ3n) is 3.22. The van der Waals surface area contributed by atoms with Crippen molar-refractivity contribution in [1.29, 1.82) is 0 Å². The maximum Gasteiger partial charge on any atom is 0.551 e. The summed E-state index contributed by atoms with van der Waals surface area (Å²) >= 11 is 0. The Labute approximate surface area is 105 Å². The molecule has 0 bridgehead atoms. The number of nitrogens with zero attached hydrogens (tertiary/aromatic N) is 1. The van der Waals surface area contributed by atoms with Gasteiger partial charge < -0.3 is 13.9 Å². The van der Waals surface area contributed by atoms with Crippen LogP contribution in [0, 0.1) is 0 Å². The van der Waals surface area contributed by atoms with Crippen molar-refractivity contribution in [2.45, 2.75) is 57.7 Å². The molecule has 1 fully saturated rings. The Morgan fingerprint density at radius 2 is 2.06 bits per heavy atom. The Bertz CT molecular complexity index is 311. The number of fused-ring (bicyclic) bond motifs is 1. The van der Waals surface area contributed by atoms with Gasteiger partial charge in [-0.15, -0.1) is 0 Å². The summed E-state index contributed by atoms with van der Waals surface area (Å²) in [7, 11) is 0.123. The highest BCUT2D eigenvalue weighted by Gasteiger charge is 2.41. The van der Waals surface area contributed by atoms with Gasteiger partial charge in [0.25, 0.3) is 0 Å². The highest BCUT2D eigenvalue weighted by molar-refractivity contribution is 6.69. The Morgan fingerprint density at radius 3 is 2.71 bits per heavy atom. The predicted molar refractivity (Wildman–Crippen MR) is 68.7 cm³/mol. The first-order valence-corrected chi connectivity index (χ1v) is 9.92. The molecule has 2 heterocycles. The molecule has 0 N–H and O–H groups in total. The average Bonchev–Trinajstić information content (AvgIpc) is 2.25. The molecule has 0 spiro atoms. The van der Waals surface area contributed by atoms with Crippen LogP contribution < -0.4 is 0 Å². The van der Waals surface area contributed by atoms with Gasteiger partial charge in [0.05, 0.1) is 13.5 Å². The Hall–Kier alpha value is -0.553. The maximum atomic E-state index is 6.05. The largest absolute Gasteiger partial charge is 0.551 e. The summed E-state index contributed by atoms with van der Waals surface area (Å²) in [5.74, 6) is 0. The van der Waals surface area contributed by atoms with E-state index in [2.05, 4.69) is 24.2 Å². The molecule has 2 aliphatic rings. The summed E-state index contributed by atoms with van der Waals surface area (Å²) in [6, 6.07) is 0.536. The van der Waals surface area contributed by atoms with E-state index < -0.39 is 8.32 Å². The van der Waals surface area contributed by atoms with Gasteiger partial charge in [0.2, 0.25) is 6.29 Å². The van der Waals surface area contributed by atoms with E-state index in [0.29, 0.717) is 12.1 Å². The van der Waals surface area contributed by atoms with E-state index in [1.54, 1.807) is 7.11 Å². The third kappa shape index (κ3) is 3.22. The predicted octanol–water partition coefficient (Wildman–Crippen LogP) is 2.15. The lowest BCUT2D eigenvalue weighted by molar-refractivity contribution is -0.606. The summed E-state index contributed by atoms with van der Waals surface area (Å²) in [5.41, 5.74) is 0. The van der Waals surface area contributed by atoms with Gasteiger partial charge in [0.15, 0.2) is 14.4 Å². The number of ether oxygens (including phenoxy) is 2. The second-order valence-corrected chi connectivity index (χ2v) is 10.3. The summed E-state index contributed by atoms with van der Waals surface area (Å²) in [6.45, 7) is 7.62. The summed E-state index contributed by atoms with van der Waals surface area (Å²) in [6.07, 6.45) is 5.27. The molecular weight excluding hydrogens is 234 g/mol.